The van der Waals surface area contributed by atoms with E-state index in [2.05, 4.69) is 37.1 Å². The van der Waals surface area contributed by atoms with Crippen LogP contribution in [0.2, 0.25) is 0 Å². The van der Waals surface area contributed by atoms with Gasteiger partial charge < -0.3 is 9.72 Å². The minimum absolute atomic E-state index is 0.133. The molecule has 0 spiro atoms. The molecule has 0 atom stereocenters. The number of aromatic nitrogens is 2. The van der Waals surface area contributed by atoms with Crippen molar-refractivity contribution in [2.24, 2.45) is 0 Å². The third-order valence-corrected chi connectivity index (χ3v) is 4.61. The van der Waals surface area contributed by atoms with Gasteiger partial charge in [0, 0.05) is 12.4 Å². The van der Waals surface area contributed by atoms with Crippen LogP contribution in [-0.2, 0) is 16.6 Å². The number of nitrogens with zero attached hydrogens (tertiary/aromatic N) is 3. The van der Waals surface area contributed by atoms with Gasteiger partial charge in [0.05, 0.1) is 17.7 Å². The molecule has 0 saturated heterocycles. The number of carbonyl (C=O) groups excluding carboxylic acids is 1. The van der Waals surface area contributed by atoms with Crippen molar-refractivity contribution in [1.29, 1.82) is 5.26 Å². The van der Waals surface area contributed by atoms with E-state index in [-0.39, 0.29) is 17.7 Å². The Balaban J connectivity index is 1.78. The zero-order valence-corrected chi connectivity index (χ0v) is 14.6. The summed E-state index contributed by atoms with van der Waals surface area (Å²) in [7, 11) is 0. The molecule has 0 aromatic carbocycles. The summed E-state index contributed by atoms with van der Waals surface area (Å²) in [5.74, 6) is -0.169. The third-order valence-electron chi connectivity index (χ3n) is 3.72. The first kappa shape index (κ1) is 16.2. The van der Waals surface area contributed by atoms with Crippen LogP contribution in [0.25, 0.3) is 5.65 Å². The first-order chi connectivity index (χ1) is 11.4. The van der Waals surface area contributed by atoms with E-state index in [1.807, 2.05) is 40.4 Å². The fraction of sp³-hybridized carbons (Fsp3) is 0.278. The summed E-state index contributed by atoms with van der Waals surface area (Å²) >= 11 is 1.39. The lowest BCUT2D eigenvalue weighted by atomic mass is 9.86. The van der Waals surface area contributed by atoms with Crippen LogP contribution in [0.1, 0.15) is 37.6 Å². The lowest BCUT2D eigenvalue weighted by Crippen LogP contribution is -2.16. The van der Waals surface area contributed by atoms with Crippen molar-refractivity contribution in [2.75, 3.05) is 5.32 Å². The first-order valence-corrected chi connectivity index (χ1v) is 8.51. The summed E-state index contributed by atoms with van der Waals surface area (Å²) < 4.78 is 1.88. The number of fused-ring (bicyclic) bond motifs is 1. The molecular formula is C18H18N4OS. The molecule has 0 saturated carbocycles. The van der Waals surface area contributed by atoms with E-state index < -0.39 is 0 Å². The molecule has 0 aliphatic rings. The van der Waals surface area contributed by atoms with Crippen molar-refractivity contribution in [3.8, 4) is 6.07 Å². The molecular weight excluding hydrogens is 320 g/mol. The van der Waals surface area contributed by atoms with Gasteiger partial charge in [-0.3, -0.25) is 4.79 Å². The summed E-state index contributed by atoms with van der Waals surface area (Å²) in [4.78, 5) is 16.7. The maximum absolute atomic E-state index is 12.3. The largest absolute Gasteiger partial charge is 0.316 e. The Morgan fingerprint density at radius 3 is 2.88 bits per heavy atom. The molecule has 3 rings (SSSR count). The molecule has 1 N–H and O–H groups in total. The second kappa shape index (κ2) is 6.10. The Labute approximate surface area is 144 Å². The van der Waals surface area contributed by atoms with Gasteiger partial charge in [-0.05, 0) is 28.5 Å². The molecule has 0 bridgehead atoms. The molecule has 0 radical (unpaired) electrons. The maximum Gasteiger partial charge on any atom is 0.231 e. The molecule has 3 heterocycles. The van der Waals surface area contributed by atoms with E-state index in [4.69, 9.17) is 0 Å². The van der Waals surface area contributed by atoms with Gasteiger partial charge in [-0.2, -0.15) is 5.26 Å². The first-order valence-electron chi connectivity index (χ1n) is 7.63. The number of rotatable bonds is 3. The average Bonchev–Trinajstić information content (AvgIpc) is 3.09. The number of imidazole rings is 1. The third kappa shape index (κ3) is 3.17. The monoisotopic (exact) mass is 338 g/mol. The van der Waals surface area contributed by atoms with Crippen LogP contribution in [0, 0.1) is 11.3 Å². The lowest BCUT2D eigenvalue weighted by molar-refractivity contribution is -0.115. The number of carbonyl (C=O) groups is 1. The van der Waals surface area contributed by atoms with Gasteiger partial charge >= 0.3 is 0 Å². The molecule has 0 aliphatic heterocycles. The zero-order chi connectivity index (χ0) is 17.3. The van der Waals surface area contributed by atoms with E-state index in [0.29, 0.717) is 16.3 Å². The van der Waals surface area contributed by atoms with Crippen LogP contribution in [0.5, 0.6) is 0 Å². The van der Waals surface area contributed by atoms with Crippen molar-refractivity contribution >= 4 is 27.9 Å². The molecule has 0 fully saturated rings. The molecule has 24 heavy (non-hydrogen) atoms. The van der Waals surface area contributed by atoms with Gasteiger partial charge in [0.25, 0.3) is 0 Å². The molecule has 1 amide bonds. The SMILES string of the molecule is CC(C)(C)c1csc(NC(=O)Cc2cn3ccccc3n2)c1C#N. The van der Waals surface area contributed by atoms with Crippen LogP contribution in [-0.4, -0.2) is 15.3 Å². The van der Waals surface area contributed by atoms with Crippen molar-refractivity contribution in [3.05, 3.63) is 52.8 Å². The topological polar surface area (TPSA) is 70.2 Å². The fourth-order valence-electron chi connectivity index (χ4n) is 2.52. The van der Waals surface area contributed by atoms with Crippen LogP contribution in [0.3, 0.4) is 0 Å². The second-order valence-corrected chi connectivity index (χ2v) is 7.52. The molecule has 0 aliphatic carbocycles. The van der Waals surface area contributed by atoms with Crippen LogP contribution < -0.4 is 5.32 Å². The summed E-state index contributed by atoms with van der Waals surface area (Å²) in [6, 6.07) is 7.93. The van der Waals surface area contributed by atoms with Gasteiger partial charge in [-0.15, -0.1) is 11.3 Å². The number of hydrogen-bond acceptors (Lipinski definition) is 4. The van der Waals surface area contributed by atoms with Gasteiger partial charge in [0.2, 0.25) is 5.91 Å². The van der Waals surface area contributed by atoms with Gasteiger partial charge in [-0.1, -0.05) is 26.8 Å². The predicted molar refractivity (Wildman–Crippen MR) is 95.3 cm³/mol. The summed E-state index contributed by atoms with van der Waals surface area (Å²) in [5.41, 5.74) is 2.88. The highest BCUT2D eigenvalue weighted by molar-refractivity contribution is 7.14. The molecule has 6 heteroatoms. The van der Waals surface area contributed by atoms with E-state index in [1.165, 1.54) is 11.3 Å². The maximum atomic E-state index is 12.3. The second-order valence-electron chi connectivity index (χ2n) is 6.64. The summed E-state index contributed by atoms with van der Waals surface area (Å²) in [6.07, 6.45) is 3.91. The van der Waals surface area contributed by atoms with Crippen molar-refractivity contribution in [2.45, 2.75) is 32.6 Å². The number of anilines is 1. The van der Waals surface area contributed by atoms with E-state index >= 15 is 0 Å². The molecule has 3 aromatic rings. The highest BCUT2D eigenvalue weighted by Crippen LogP contribution is 2.35. The van der Waals surface area contributed by atoms with E-state index in [9.17, 15) is 10.1 Å². The Hall–Kier alpha value is -2.65. The summed E-state index contributed by atoms with van der Waals surface area (Å²) in [5, 5.41) is 14.8. The quantitative estimate of drug-likeness (QED) is 0.791. The Morgan fingerprint density at radius 1 is 1.42 bits per heavy atom. The van der Waals surface area contributed by atoms with Gasteiger partial charge in [-0.25, -0.2) is 4.98 Å². The highest BCUT2D eigenvalue weighted by Gasteiger charge is 2.23. The van der Waals surface area contributed by atoms with Crippen LogP contribution in [0.4, 0.5) is 5.00 Å². The minimum Gasteiger partial charge on any atom is -0.316 e. The number of pyridine rings is 1. The zero-order valence-electron chi connectivity index (χ0n) is 13.8. The average molecular weight is 338 g/mol. The normalized spacial score (nSPS) is 11.4. The summed E-state index contributed by atoms with van der Waals surface area (Å²) in [6.45, 7) is 6.16. The molecule has 0 unspecified atom stereocenters. The van der Waals surface area contributed by atoms with E-state index in [0.717, 1.165) is 11.2 Å². The van der Waals surface area contributed by atoms with Crippen molar-refractivity contribution in [3.63, 3.8) is 0 Å². The highest BCUT2D eigenvalue weighted by atomic mass is 32.1. The standard InChI is InChI=1S/C18H18N4OS/c1-18(2,3)14-11-24-17(13(14)9-19)21-16(23)8-12-10-22-7-5-4-6-15(22)20-12/h4-7,10-11H,8H2,1-3H3,(H,21,23). The Morgan fingerprint density at radius 2 is 2.21 bits per heavy atom. The van der Waals surface area contributed by atoms with Crippen LogP contribution in [0.15, 0.2) is 36.0 Å². The van der Waals surface area contributed by atoms with Crippen LogP contribution >= 0.6 is 11.3 Å². The predicted octanol–water partition coefficient (Wildman–Crippen LogP) is 3.75. The van der Waals surface area contributed by atoms with Gasteiger partial charge in [0.1, 0.15) is 16.7 Å². The smallest absolute Gasteiger partial charge is 0.231 e. The number of nitriles is 1. The number of amides is 1. The van der Waals surface area contributed by atoms with Gasteiger partial charge in [0.15, 0.2) is 0 Å². The van der Waals surface area contributed by atoms with Crippen molar-refractivity contribution < 1.29 is 4.79 Å². The molecule has 122 valence electrons. The van der Waals surface area contributed by atoms with E-state index in [1.54, 1.807) is 0 Å². The fourth-order valence-corrected chi connectivity index (χ4v) is 3.67. The van der Waals surface area contributed by atoms with Crippen molar-refractivity contribution in [1.82, 2.24) is 9.38 Å². The lowest BCUT2D eigenvalue weighted by Gasteiger charge is -2.17. The number of nitrogens with one attached hydrogen (secondary N) is 1. The Kier molecular flexibility index (Phi) is 4.12. The number of hydrogen-bond donors (Lipinski definition) is 1. The number of thiophene rings is 1. The molecule has 5 nitrogen and oxygen atoms in total. The molecule has 3 aromatic heterocycles. The minimum atomic E-state index is -0.169. The Bertz CT molecular complexity index is 907.